The van der Waals surface area contributed by atoms with Crippen LogP contribution in [0.15, 0.2) is 48.5 Å². The monoisotopic (exact) mass is 256 g/mol. The molecule has 0 fully saturated rings. The van der Waals surface area contributed by atoms with Gasteiger partial charge in [0, 0.05) is 12.7 Å². The average molecular weight is 256 g/mol. The van der Waals surface area contributed by atoms with Gasteiger partial charge in [-0.25, -0.2) is 0 Å². The minimum atomic E-state index is 0.191. The molecule has 2 aromatic carbocycles. The van der Waals surface area contributed by atoms with Gasteiger partial charge in [-0.15, -0.1) is 0 Å². The molecule has 0 aliphatic heterocycles. The lowest BCUT2D eigenvalue weighted by molar-refractivity contribution is 0.414. The van der Waals surface area contributed by atoms with Crippen molar-refractivity contribution in [2.75, 3.05) is 26.5 Å². The van der Waals surface area contributed by atoms with Crippen LogP contribution in [0.1, 0.15) is 17.2 Å². The molecule has 3 nitrogen and oxygen atoms in total. The number of anilines is 1. The molecule has 2 rings (SSSR count). The minimum Gasteiger partial charge on any atom is -0.497 e. The van der Waals surface area contributed by atoms with Crippen LogP contribution in [-0.4, -0.2) is 21.2 Å². The first-order chi connectivity index (χ1) is 9.28. The largest absolute Gasteiger partial charge is 0.497 e. The van der Waals surface area contributed by atoms with E-state index in [9.17, 15) is 0 Å². The first-order valence-electron chi connectivity index (χ1n) is 6.37. The Labute approximate surface area is 114 Å². The number of hydrogen-bond donors (Lipinski definition) is 2. The van der Waals surface area contributed by atoms with E-state index in [2.05, 4.69) is 47.0 Å². The van der Waals surface area contributed by atoms with Crippen molar-refractivity contribution in [2.45, 2.75) is 6.04 Å². The molecule has 0 amide bonds. The maximum atomic E-state index is 5.19. The summed E-state index contributed by atoms with van der Waals surface area (Å²) in [5.41, 5.74) is 3.58. The summed E-state index contributed by atoms with van der Waals surface area (Å²) in [7, 11) is 5.58. The van der Waals surface area contributed by atoms with Crippen molar-refractivity contribution >= 4 is 5.69 Å². The maximum Gasteiger partial charge on any atom is 0.118 e. The second kappa shape index (κ2) is 6.25. The molecule has 2 aromatic rings. The Morgan fingerprint density at radius 1 is 0.842 bits per heavy atom. The van der Waals surface area contributed by atoms with Gasteiger partial charge in [-0.3, -0.25) is 0 Å². The molecule has 0 radical (unpaired) electrons. The molecule has 19 heavy (non-hydrogen) atoms. The van der Waals surface area contributed by atoms with Gasteiger partial charge >= 0.3 is 0 Å². The Morgan fingerprint density at radius 2 is 1.37 bits per heavy atom. The Kier molecular flexibility index (Phi) is 4.42. The van der Waals surface area contributed by atoms with Crippen molar-refractivity contribution < 1.29 is 4.74 Å². The lowest BCUT2D eigenvalue weighted by atomic mass is 9.98. The molecule has 1 unspecified atom stereocenters. The zero-order chi connectivity index (χ0) is 13.7. The highest BCUT2D eigenvalue weighted by atomic mass is 16.5. The fraction of sp³-hybridized carbons (Fsp3) is 0.250. The van der Waals surface area contributed by atoms with E-state index in [1.807, 2.05) is 26.2 Å². The first kappa shape index (κ1) is 13.4. The zero-order valence-electron chi connectivity index (χ0n) is 11.6. The molecule has 0 saturated heterocycles. The second-order valence-corrected chi connectivity index (χ2v) is 4.37. The predicted octanol–water partition coefficient (Wildman–Crippen LogP) is 3.05. The summed E-state index contributed by atoms with van der Waals surface area (Å²) in [6, 6.07) is 16.8. The van der Waals surface area contributed by atoms with Crippen LogP contribution in [-0.2, 0) is 0 Å². The normalized spacial score (nSPS) is 11.9. The Hall–Kier alpha value is -2.00. The summed E-state index contributed by atoms with van der Waals surface area (Å²) in [4.78, 5) is 0. The Bertz CT molecular complexity index is 458. The highest BCUT2D eigenvalue weighted by Crippen LogP contribution is 2.24. The molecular weight excluding hydrogens is 236 g/mol. The summed E-state index contributed by atoms with van der Waals surface area (Å²) in [5.74, 6) is 0.879. The Morgan fingerprint density at radius 3 is 1.79 bits per heavy atom. The predicted molar refractivity (Wildman–Crippen MR) is 79.9 cm³/mol. The number of benzene rings is 2. The van der Waals surface area contributed by atoms with Crippen LogP contribution in [0.25, 0.3) is 0 Å². The van der Waals surface area contributed by atoms with Crippen LogP contribution >= 0.6 is 0 Å². The molecule has 0 aromatic heterocycles. The van der Waals surface area contributed by atoms with Gasteiger partial charge in [-0.1, -0.05) is 24.3 Å². The van der Waals surface area contributed by atoms with Gasteiger partial charge in [0.15, 0.2) is 0 Å². The fourth-order valence-electron chi connectivity index (χ4n) is 2.16. The van der Waals surface area contributed by atoms with Crippen molar-refractivity contribution in [1.82, 2.24) is 5.32 Å². The molecule has 0 bridgehead atoms. The van der Waals surface area contributed by atoms with Gasteiger partial charge in [0.1, 0.15) is 5.75 Å². The first-order valence-corrected chi connectivity index (χ1v) is 6.37. The van der Waals surface area contributed by atoms with Crippen molar-refractivity contribution in [3.05, 3.63) is 59.7 Å². The van der Waals surface area contributed by atoms with Crippen molar-refractivity contribution in [2.24, 2.45) is 0 Å². The fourth-order valence-corrected chi connectivity index (χ4v) is 2.16. The third-order valence-electron chi connectivity index (χ3n) is 3.27. The van der Waals surface area contributed by atoms with E-state index >= 15 is 0 Å². The molecule has 1 atom stereocenters. The van der Waals surface area contributed by atoms with Crippen molar-refractivity contribution in [1.29, 1.82) is 0 Å². The van der Waals surface area contributed by atoms with Crippen molar-refractivity contribution in [3.63, 3.8) is 0 Å². The number of hydrogen-bond acceptors (Lipinski definition) is 3. The number of nitrogens with one attached hydrogen (secondary N) is 2. The number of methoxy groups -OCH3 is 1. The minimum absolute atomic E-state index is 0.191. The standard InChI is InChI=1S/C16H20N2O/c1-17-14-8-4-12(5-9-14)16(18-2)13-6-10-15(19-3)11-7-13/h4-11,16-18H,1-3H3. The molecule has 0 saturated carbocycles. The number of ether oxygens (including phenoxy) is 1. The highest BCUT2D eigenvalue weighted by Gasteiger charge is 2.11. The van der Waals surface area contributed by atoms with Gasteiger partial charge in [0.2, 0.25) is 0 Å². The third-order valence-corrected chi connectivity index (χ3v) is 3.27. The lowest BCUT2D eigenvalue weighted by Gasteiger charge is -2.18. The van der Waals surface area contributed by atoms with Crippen LogP contribution in [0, 0.1) is 0 Å². The van der Waals surface area contributed by atoms with Crippen LogP contribution in [0.5, 0.6) is 5.75 Å². The molecule has 100 valence electrons. The summed E-state index contributed by atoms with van der Waals surface area (Å²) in [5, 5.41) is 6.48. The topological polar surface area (TPSA) is 33.3 Å². The number of rotatable bonds is 5. The lowest BCUT2D eigenvalue weighted by Crippen LogP contribution is -2.17. The summed E-state index contributed by atoms with van der Waals surface area (Å²) >= 11 is 0. The van der Waals surface area contributed by atoms with E-state index in [1.54, 1.807) is 7.11 Å². The Balaban J connectivity index is 2.26. The molecule has 0 aliphatic rings. The third kappa shape index (κ3) is 3.06. The van der Waals surface area contributed by atoms with Crippen LogP contribution in [0.2, 0.25) is 0 Å². The van der Waals surface area contributed by atoms with Gasteiger partial charge in [-0.2, -0.15) is 0 Å². The van der Waals surface area contributed by atoms with Crippen molar-refractivity contribution in [3.8, 4) is 5.75 Å². The van der Waals surface area contributed by atoms with E-state index in [0.29, 0.717) is 0 Å². The maximum absolute atomic E-state index is 5.19. The second-order valence-electron chi connectivity index (χ2n) is 4.37. The quantitative estimate of drug-likeness (QED) is 0.862. The van der Waals surface area contributed by atoms with E-state index in [1.165, 1.54) is 11.1 Å². The zero-order valence-corrected chi connectivity index (χ0v) is 11.6. The van der Waals surface area contributed by atoms with Gasteiger partial charge < -0.3 is 15.4 Å². The van der Waals surface area contributed by atoms with E-state index in [-0.39, 0.29) is 6.04 Å². The molecular formula is C16H20N2O. The molecule has 2 N–H and O–H groups in total. The van der Waals surface area contributed by atoms with Gasteiger partial charge in [-0.05, 0) is 42.4 Å². The molecule has 3 heteroatoms. The average Bonchev–Trinajstić information content (AvgIpc) is 2.49. The van der Waals surface area contributed by atoms with Crippen LogP contribution in [0.4, 0.5) is 5.69 Å². The molecule has 0 aliphatic carbocycles. The van der Waals surface area contributed by atoms with Crippen LogP contribution < -0.4 is 15.4 Å². The summed E-state index contributed by atoms with van der Waals surface area (Å²) < 4.78 is 5.19. The smallest absolute Gasteiger partial charge is 0.118 e. The van der Waals surface area contributed by atoms with Gasteiger partial charge in [0.05, 0.1) is 13.2 Å². The molecule has 0 spiro atoms. The summed E-state index contributed by atoms with van der Waals surface area (Å²) in [6.45, 7) is 0. The van der Waals surface area contributed by atoms with E-state index in [0.717, 1.165) is 11.4 Å². The SMILES string of the molecule is CNc1ccc(C(NC)c2ccc(OC)cc2)cc1. The highest BCUT2D eigenvalue weighted by molar-refractivity contribution is 5.46. The molecule has 0 heterocycles. The van der Waals surface area contributed by atoms with E-state index in [4.69, 9.17) is 4.74 Å². The van der Waals surface area contributed by atoms with E-state index < -0.39 is 0 Å². The van der Waals surface area contributed by atoms with Gasteiger partial charge in [0.25, 0.3) is 0 Å². The van der Waals surface area contributed by atoms with Crippen LogP contribution in [0.3, 0.4) is 0 Å². The summed E-state index contributed by atoms with van der Waals surface area (Å²) in [6.07, 6.45) is 0.